The van der Waals surface area contributed by atoms with Gasteiger partial charge >= 0.3 is 6.03 Å². The summed E-state index contributed by atoms with van der Waals surface area (Å²) in [7, 11) is 0. The second-order valence-electron chi connectivity index (χ2n) is 4.76. The van der Waals surface area contributed by atoms with Crippen molar-refractivity contribution in [2.45, 2.75) is 37.8 Å². The molecule has 1 heterocycles. The SMILES string of the molecule is NC(=NO)C1CN(C(=O)NC2CCCC2)CCO1. The quantitative estimate of drug-likeness (QED) is 0.282. The molecule has 7 nitrogen and oxygen atoms in total. The van der Waals surface area contributed by atoms with Gasteiger partial charge in [0.05, 0.1) is 13.2 Å². The summed E-state index contributed by atoms with van der Waals surface area (Å²) in [4.78, 5) is 13.7. The third-order valence-corrected chi connectivity index (χ3v) is 3.48. The molecule has 2 amide bonds. The van der Waals surface area contributed by atoms with E-state index in [4.69, 9.17) is 15.7 Å². The van der Waals surface area contributed by atoms with Gasteiger partial charge in [-0.1, -0.05) is 18.0 Å². The number of carbonyl (C=O) groups is 1. The molecule has 1 unspecified atom stereocenters. The molecule has 0 aromatic carbocycles. The molecule has 0 spiro atoms. The highest BCUT2D eigenvalue weighted by molar-refractivity contribution is 5.85. The first kappa shape index (κ1) is 12.9. The fraction of sp³-hybridized carbons (Fsp3) is 0.818. The van der Waals surface area contributed by atoms with Crippen molar-refractivity contribution in [3.63, 3.8) is 0 Å². The van der Waals surface area contributed by atoms with Gasteiger partial charge in [0.15, 0.2) is 5.84 Å². The number of rotatable bonds is 2. The number of oxime groups is 1. The van der Waals surface area contributed by atoms with Gasteiger partial charge in [0, 0.05) is 12.6 Å². The Labute approximate surface area is 106 Å². The molecule has 0 radical (unpaired) electrons. The maximum atomic E-state index is 12.0. The van der Waals surface area contributed by atoms with Crippen molar-refractivity contribution >= 4 is 11.9 Å². The largest absolute Gasteiger partial charge is 0.409 e. The number of nitrogens with two attached hydrogens (primary N) is 1. The predicted octanol–water partition coefficient (Wildman–Crippen LogP) is 0.0858. The van der Waals surface area contributed by atoms with E-state index in [-0.39, 0.29) is 11.9 Å². The Morgan fingerprint density at radius 1 is 1.44 bits per heavy atom. The lowest BCUT2D eigenvalue weighted by molar-refractivity contribution is 0.0193. The van der Waals surface area contributed by atoms with E-state index in [0.29, 0.717) is 25.7 Å². The van der Waals surface area contributed by atoms with E-state index in [1.165, 1.54) is 12.8 Å². The van der Waals surface area contributed by atoms with Gasteiger partial charge in [-0.15, -0.1) is 0 Å². The Bertz CT molecular complexity index is 328. The molecule has 1 aliphatic heterocycles. The van der Waals surface area contributed by atoms with Gasteiger partial charge in [0.1, 0.15) is 6.10 Å². The third kappa shape index (κ3) is 3.04. The number of ether oxygens (including phenoxy) is 1. The van der Waals surface area contributed by atoms with Gasteiger partial charge in [0.25, 0.3) is 0 Å². The van der Waals surface area contributed by atoms with Gasteiger partial charge in [-0.3, -0.25) is 0 Å². The number of hydrogen-bond acceptors (Lipinski definition) is 4. The summed E-state index contributed by atoms with van der Waals surface area (Å²) in [6, 6.07) is 0.212. The number of amidine groups is 1. The molecule has 1 saturated carbocycles. The average molecular weight is 256 g/mol. The summed E-state index contributed by atoms with van der Waals surface area (Å²) in [5, 5.41) is 14.5. The Morgan fingerprint density at radius 3 is 2.83 bits per heavy atom. The molecule has 1 aliphatic carbocycles. The average Bonchev–Trinajstić information content (AvgIpc) is 2.90. The molecule has 0 aromatic rings. The van der Waals surface area contributed by atoms with Crippen molar-refractivity contribution in [2.24, 2.45) is 10.9 Å². The lowest BCUT2D eigenvalue weighted by Gasteiger charge is -2.33. The van der Waals surface area contributed by atoms with Crippen LogP contribution in [0.2, 0.25) is 0 Å². The van der Waals surface area contributed by atoms with Crippen LogP contribution in [0.4, 0.5) is 4.79 Å². The Balaban J connectivity index is 1.85. The molecule has 0 bridgehead atoms. The number of urea groups is 1. The number of hydrogen-bond donors (Lipinski definition) is 3. The number of nitrogens with zero attached hydrogens (tertiary/aromatic N) is 2. The molecule has 1 saturated heterocycles. The van der Waals surface area contributed by atoms with Crippen molar-refractivity contribution in [2.75, 3.05) is 19.7 Å². The van der Waals surface area contributed by atoms with Crippen LogP contribution in [0, 0.1) is 0 Å². The normalized spacial score (nSPS) is 26.3. The third-order valence-electron chi connectivity index (χ3n) is 3.48. The van der Waals surface area contributed by atoms with Crippen LogP contribution < -0.4 is 11.1 Å². The summed E-state index contributed by atoms with van der Waals surface area (Å²) in [5.41, 5.74) is 5.49. The van der Waals surface area contributed by atoms with Crippen molar-refractivity contribution in [3.05, 3.63) is 0 Å². The van der Waals surface area contributed by atoms with E-state index in [1.54, 1.807) is 4.90 Å². The summed E-state index contributed by atoms with van der Waals surface area (Å²) in [6.45, 7) is 1.27. The van der Waals surface area contributed by atoms with E-state index in [9.17, 15) is 4.79 Å². The first-order chi connectivity index (χ1) is 8.70. The molecule has 2 aliphatic rings. The van der Waals surface area contributed by atoms with Crippen molar-refractivity contribution < 1.29 is 14.7 Å². The fourth-order valence-electron chi connectivity index (χ4n) is 2.41. The minimum absolute atomic E-state index is 0.00775. The molecule has 2 fully saturated rings. The van der Waals surface area contributed by atoms with Gasteiger partial charge in [-0.05, 0) is 12.8 Å². The predicted molar refractivity (Wildman–Crippen MR) is 65.5 cm³/mol. The van der Waals surface area contributed by atoms with E-state index < -0.39 is 6.10 Å². The molecule has 4 N–H and O–H groups in total. The zero-order valence-corrected chi connectivity index (χ0v) is 10.3. The molecule has 18 heavy (non-hydrogen) atoms. The highest BCUT2D eigenvalue weighted by Crippen LogP contribution is 2.18. The zero-order valence-electron chi connectivity index (χ0n) is 10.3. The maximum absolute atomic E-state index is 12.0. The van der Waals surface area contributed by atoms with Crippen LogP contribution in [0.1, 0.15) is 25.7 Å². The Kier molecular flexibility index (Phi) is 4.24. The monoisotopic (exact) mass is 256 g/mol. The van der Waals surface area contributed by atoms with E-state index >= 15 is 0 Å². The topological polar surface area (TPSA) is 100 Å². The first-order valence-corrected chi connectivity index (χ1v) is 6.35. The van der Waals surface area contributed by atoms with Gasteiger partial charge in [0.2, 0.25) is 0 Å². The minimum Gasteiger partial charge on any atom is -0.409 e. The molecule has 102 valence electrons. The standard InChI is InChI=1S/C11H20N4O3/c12-10(14-17)9-7-15(5-6-18-9)11(16)13-8-3-1-2-4-8/h8-9,17H,1-7H2,(H2,12,14)(H,13,16). The number of nitrogens with one attached hydrogen (secondary N) is 1. The van der Waals surface area contributed by atoms with Crippen LogP contribution in [-0.4, -0.2) is 53.8 Å². The second-order valence-corrected chi connectivity index (χ2v) is 4.76. The highest BCUT2D eigenvalue weighted by atomic mass is 16.5. The van der Waals surface area contributed by atoms with Crippen molar-refractivity contribution in [1.82, 2.24) is 10.2 Å². The molecule has 2 rings (SSSR count). The minimum atomic E-state index is -0.516. The summed E-state index contributed by atoms with van der Waals surface area (Å²) in [5.74, 6) is 0.00775. The number of morpholine rings is 1. The first-order valence-electron chi connectivity index (χ1n) is 6.35. The van der Waals surface area contributed by atoms with E-state index in [2.05, 4.69) is 10.5 Å². The number of carbonyl (C=O) groups excluding carboxylic acids is 1. The van der Waals surface area contributed by atoms with Crippen molar-refractivity contribution in [1.29, 1.82) is 0 Å². The van der Waals surface area contributed by atoms with Crippen LogP contribution in [-0.2, 0) is 4.74 Å². The van der Waals surface area contributed by atoms with Gasteiger partial charge < -0.3 is 25.9 Å². The lowest BCUT2D eigenvalue weighted by Crippen LogP contribution is -2.54. The summed E-state index contributed by atoms with van der Waals surface area (Å²) in [6.07, 6.45) is 3.96. The van der Waals surface area contributed by atoms with Gasteiger partial charge in [-0.2, -0.15) is 0 Å². The fourth-order valence-corrected chi connectivity index (χ4v) is 2.41. The van der Waals surface area contributed by atoms with E-state index in [0.717, 1.165) is 12.8 Å². The second kappa shape index (κ2) is 5.90. The highest BCUT2D eigenvalue weighted by Gasteiger charge is 2.28. The maximum Gasteiger partial charge on any atom is 0.317 e. The van der Waals surface area contributed by atoms with Crippen molar-refractivity contribution in [3.8, 4) is 0 Å². The van der Waals surface area contributed by atoms with E-state index in [1.807, 2.05) is 0 Å². The Hall–Kier alpha value is -1.50. The zero-order chi connectivity index (χ0) is 13.0. The lowest BCUT2D eigenvalue weighted by atomic mass is 10.2. The van der Waals surface area contributed by atoms with Gasteiger partial charge in [-0.25, -0.2) is 4.79 Å². The van der Waals surface area contributed by atoms with Crippen LogP contribution >= 0.6 is 0 Å². The molecule has 1 atom stereocenters. The number of amides is 2. The van der Waals surface area contributed by atoms with Crippen LogP contribution in [0.25, 0.3) is 0 Å². The molecule has 7 heteroatoms. The van der Waals surface area contributed by atoms with Crippen LogP contribution in [0.15, 0.2) is 5.16 Å². The van der Waals surface area contributed by atoms with Crippen LogP contribution in [0.5, 0.6) is 0 Å². The summed E-state index contributed by atoms with van der Waals surface area (Å²) < 4.78 is 5.34. The molecular weight excluding hydrogens is 236 g/mol. The van der Waals surface area contributed by atoms with Crippen LogP contribution in [0.3, 0.4) is 0 Å². The summed E-state index contributed by atoms with van der Waals surface area (Å²) >= 11 is 0. The molecule has 0 aromatic heterocycles. The smallest absolute Gasteiger partial charge is 0.317 e. The molecular formula is C11H20N4O3. The Morgan fingerprint density at radius 2 is 2.17 bits per heavy atom.